The van der Waals surface area contributed by atoms with Crippen molar-refractivity contribution in [3.63, 3.8) is 0 Å². The van der Waals surface area contributed by atoms with Gasteiger partial charge in [-0.05, 0) is 122 Å². The highest BCUT2D eigenvalue weighted by Gasteiger charge is 2.27. The quantitative estimate of drug-likeness (QED) is 0.0243. The van der Waals surface area contributed by atoms with E-state index in [-0.39, 0.29) is 25.5 Å². The molecule has 0 saturated heterocycles. The lowest BCUT2D eigenvalue weighted by Gasteiger charge is -2.25. The topological polar surface area (TPSA) is 105 Å². The second-order valence-electron chi connectivity index (χ2n) is 23.8. The largest absolute Gasteiger partial charge is 0.472 e. The van der Waals surface area contributed by atoms with Gasteiger partial charge in [0, 0.05) is 6.42 Å². The number of nitrogens with zero attached hydrogens (tertiary/aromatic N) is 1. The van der Waals surface area contributed by atoms with Gasteiger partial charge in [0.15, 0.2) is 0 Å². The van der Waals surface area contributed by atoms with Gasteiger partial charge in [-0.2, -0.15) is 0 Å². The summed E-state index contributed by atoms with van der Waals surface area (Å²) in [6.07, 6.45) is 101. The number of allylic oxidation sites excluding steroid dienone is 25. The molecule has 1 amide bonds. The SMILES string of the molecule is CC/C=C\C/C=C\C/C=C\C/C=C\C/C=C\C/C=C\C/C=C\C/C=C\C/C=C\C/C=C\CCCCC(=O)NC(COP(=O)(O)OCC[N+](C)(C)C)C(O)/C=C/CC/C=C/CC/C=C/CCCCCCCCCCCCCCCCCCCCCC. The number of hydrogen-bond acceptors (Lipinski definition) is 5. The fourth-order valence-corrected chi connectivity index (χ4v) is 9.90. The highest BCUT2D eigenvalue weighted by atomic mass is 31.2. The number of phosphoric acid groups is 1. The molecule has 0 aliphatic carbocycles. The Morgan fingerprint density at radius 1 is 0.412 bits per heavy atom. The first kappa shape index (κ1) is 81.1. The minimum absolute atomic E-state index is 0.0358. The second kappa shape index (κ2) is 64.6. The summed E-state index contributed by atoms with van der Waals surface area (Å²) in [5, 5.41) is 13.9. The molecule has 484 valence electrons. The highest BCUT2D eigenvalue weighted by molar-refractivity contribution is 7.47. The number of likely N-dealkylation sites (N-methyl/N-ethyl adjacent to an activating group) is 1. The van der Waals surface area contributed by atoms with Crippen LogP contribution in [0, 0.1) is 0 Å². The van der Waals surface area contributed by atoms with Crippen molar-refractivity contribution in [2.24, 2.45) is 0 Å². The molecule has 0 aliphatic heterocycles. The Hall–Kier alpha value is -3.88. The molecule has 0 aliphatic rings. The molecule has 0 bridgehead atoms. The average molecular weight is 1200 g/mol. The molecule has 0 heterocycles. The standard InChI is InChI=1S/C76H129N2O6P/c1-6-8-10-12-14-16-18-20-22-24-26-28-30-32-34-36-38-39-40-42-44-46-48-50-52-54-56-58-60-62-64-66-68-70-76(80)77-74(73-84-85(81,82)83-72-71-78(3,4)5)75(79)69-67-65-63-61-59-57-55-53-51-49-47-45-43-41-37-35-33-31-29-27-25-23-21-19-17-15-13-11-9-7-2/h8,10,14,16,20,22,26,28,32,34,38-39,42,44,48,50-51,53-54,56,59-62,67,69,74-75,79H,6-7,9,11-13,15,17-19,21,23-25,27,29-31,33,35-37,40-41,43,45-47,49,52,55,57-58,63-66,68,70-73H2,1-5H3,(H-,77,80,81,82)/p+1/b10-8-,16-14-,22-20-,28-26-,34-32-,39-38-,44-42-,50-48-,53-51+,56-54-,61-59+,62-60-,69-67+. The van der Waals surface area contributed by atoms with Crippen molar-refractivity contribution in [1.82, 2.24) is 5.32 Å². The van der Waals surface area contributed by atoms with E-state index in [0.717, 1.165) is 103 Å². The van der Waals surface area contributed by atoms with Crippen LogP contribution in [0.5, 0.6) is 0 Å². The van der Waals surface area contributed by atoms with Crippen molar-refractivity contribution >= 4 is 13.7 Å². The summed E-state index contributed by atoms with van der Waals surface area (Å²) < 4.78 is 23.7. The van der Waals surface area contributed by atoms with Gasteiger partial charge in [-0.1, -0.05) is 294 Å². The average Bonchev–Trinajstić information content (AvgIpc) is 3.49. The molecule has 0 fully saturated rings. The minimum atomic E-state index is -4.39. The predicted molar refractivity (Wildman–Crippen MR) is 373 cm³/mol. The Bertz CT molecular complexity index is 1940. The number of nitrogens with one attached hydrogen (secondary N) is 1. The van der Waals surface area contributed by atoms with Crippen LogP contribution < -0.4 is 5.32 Å². The van der Waals surface area contributed by atoms with Crippen molar-refractivity contribution in [2.75, 3.05) is 40.9 Å². The maximum absolute atomic E-state index is 13.0. The van der Waals surface area contributed by atoms with E-state index in [9.17, 15) is 19.4 Å². The molecule has 3 N–H and O–H groups in total. The first-order chi connectivity index (χ1) is 41.5. The van der Waals surface area contributed by atoms with Gasteiger partial charge >= 0.3 is 7.82 Å². The number of aliphatic hydroxyl groups excluding tert-OH is 1. The molecule has 0 radical (unpaired) electrons. The molecule has 0 aromatic heterocycles. The summed E-state index contributed by atoms with van der Waals surface area (Å²) in [4.78, 5) is 23.4. The lowest BCUT2D eigenvalue weighted by Crippen LogP contribution is -2.45. The lowest BCUT2D eigenvalue weighted by molar-refractivity contribution is -0.870. The van der Waals surface area contributed by atoms with Crippen LogP contribution in [-0.4, -0.2) is 73.4 Å². The molecule has 0 aromatic carbocycles. The van der Waals surface area contributed by atoms with Gasteiger partial charge in [0.05, 0.1) is 39.9 Å². The first-order valence-corrected chi connectivity index (χ1v) is 35.9. The van der Waals surface area contributed by atoms with E-state index in [1.54, 1.807) is 6.08 Å². The summed E-state index contributed by atoms with van der Waals surface area (Å²) in [7, 11) is 1.50. The Morgan fingerprint density at radius 3 is 1.08 bits per heavy atom. The molecule has 9 heteroatoms. The number of aliphatic hydroxyl groups is 1. The number of hydrogen-bond donors (Lipinski definition) is 3. The fourth-order valence-electron chi connectivity index (χ4n) is 9.16. The van der Waals surface area contributed by atoms with Crippen LogP contribution in [0.3, 0.4) is 0 Å². The Kier molecular flexibility index (Phi) is 61.6. The first-order valence-electron chi connectivity index (χ1n) is 34.4. The van der Waals surface area contributed by atoms with Gasteiger partial charge in [-0.15, -0.1) is 0 Å². The lowest BCUT2D eigenvalue weighted by atomic mass is 10.0. The van der Waals surface area contributed by atoms with Crippen LogP contribution in [0.25, 0.3) is 0 Å². The van der Waals surface area contributed by atoms with E-state index in [0.29, 0.717) is 17.4 Å². The monoisotopic (exact) mass is 1200 g/mol. The van der Waals surface area contributed by atoms with E-state index in [1.807, 2.05) is 27.2 Å². The van der Waals surface area contributed by atoms with Crippen molar-refractivity contribution in [1.29, 1.82) is 0 Å². The van der Waals surface area contributed by atoms with E-state index in [1.165, 1.54) is 135 Å². The van der Waals surface area contributed by atoms with Crippen molar-refractivity contribution in [3.05, 3.63) is 158 Å². The van der Waals surface area contributed by atoms with Gasteiger partial charge < -0.3 is 19.8 Å². The Morgan fingerprint density at radius 2 is 0.718 bits per heavy atom. The molecule has 0 rings (SSSR count). The van der Waals surface area contributed by atoms with Gasteiger partial charge in [0.2, 0.25) is 5.91 Å². The third-order valence-corrected chi connectivity index (χ3v) is 15.4. The maximum atomic E-state index is 13.0. The van der Waals surface area contributed by atoms with Crippen LogP contribution in [0.15, 0.2) is 158 Å². The zero-order valence-corrected chi connectivity index (χ0v) is 56.2. The number of carbonyl (C=O) groups is 1. The number of amides is 1. The summed E-state index contributed by atoms with van der Waals surface area (Å²) in [6.45, 7) is 4.64. The Balaban J connectivity index is 4.31. The zero-order valence-electron chi connectivity index (χ0n) is 55.3. The molecule has 85 heavy (non-hydrogen) atoms. The van der Waals surface area contributed by atoms with E-state index >= 15 is 0 Å². The molecule has 0 spiro atoms. The number of carbonyl (C=O) groups excluding carboxylic acids is 1. The number of rotatable bonds is 61. The summed E-state index contributed by atoms with van der Waals surface area (Å²) in [5.41, 5.74) is 0. The number of unbranched alkanes of at least 4 members (excludes halogenated alkanes) is 24. The molecule has 8 nitrogen and oxygen atoms in total. The third-order valence-electron chi connectivity index (χ3n) is 14.5. The van der Waals surface area contributed by atoms with Crippen LogP contribution in [0.1, 0.15) is 264 Å². The van der Waals surface area contributed by atoms with E-state index in [2.05, 4.69) is 165 Å². The van der Waals surface area contributed by atoms with Crippen molar-refractivity contribution in [3.8, 4) is 0 Å². The molecule has 0 saturated carbocycles. The van der Waals surface area contributed by atoms with Crippen molar-refractivity contribution in [2.45, 2.75) is 276 Å². The smallest absolute Gasteiger partial charge is 0.387 e. The zero-order chi connectivity index (χ0) is 61.9. The third kappa shape index (κ3) is 67.5. The summed E-state index contributed by atoms with van der Waals surface area (Å²) >= 11 is 0. The molecular weight excluding hydrogens is 1070 g/mol. The van der Waals surface area contributed by atoms with Gasteiger partial charge in [0.1, 0.15) is 13.2 Å². The summed E-state index contributed by atoms with van der Waals surface area (Å²) in [6, 6.07) is -0.908. The van der Waals surface area contributed by atoms with Gasteiger partial charge in [-0.25, -0.2) is 4.57 Å². The molecular formula is C76H130N2O6P+. The van der Waals surface area contributed by atoms with Crippen molar-refractivity contribution < 1.29 is 32.9 Å². The van der Waals surface area contributed by atoms with Crippen LogP contribution in [0.2, 0.25) is 0 Å². The highest BCUT2D eigenvalue weighted by Crippen LogP contribution is 2.43. The number of phosphoric ester groups is 1. The maximum Gasteiger partial charge on any atom is 0.472 e. The van der Waals surface area contributed by atoms with Crippen LogP contribution in [0.4, 0.5) is 0 Å². The predicted octanol–water partition coefficient (Wildman–Crippen LogP) is 22.2. The van der Waals surface area contributed by atoms with E-state index < -0.39 is 20.0 Å². The molecule has 3 unspecified atom stereocenters. The Labute approximate surface area is 524 Å². The molecule has 3 atom stereocenters. The summed E-state index contributed by atoms with van der Waals surface area (Å²) in [5.74, 6) is -0.238. The fraction of sp³-hybridized carbons (Fsp3) is 0.645. The van der Waals surface area contributed by atoms with Gasteiger partial charge in [0.25, 0.3) is 0 Å². The number of quaternary nitrogens is 1. The normalized spacial score (nSPS) is 14.7. The van der Waals surface area contributed by atoms with Gasteiger partial charge in [-0.3, -0.25) is 13.8 Å². The van der Waals surface area contributed by atoms with Crippen LogP contribution in [-0.2, 0) is 18.4 Å². The minimum Gasteiger partial charge on any atom is -0.387 e. The van der Waals surface area contributed by atoms with E-state index in [4.69, 9.17) is 9.05 Å². The molecule has 0 aromatic rings. The second-order valence-corrected chi connectivity index (χ2v) is 25.3. The van der Waals surface area contributed by atoms with Crippen LogP contribution >= 0.6 is 7.82 Å².